The average Bonchev–Trinajstić information content (AvgIpc) is 3.16. The van der Waals surface area contributed by atoms with E-state index >= 15 is 0 Å². The van der Waals surface area contributed by atoms with Crippen molar-refractivity contribution in [3.05, 3.63) is 77.4 Å². The van der Waals surface area contributed by atoms with Crippen molar-refractivity contribution in [2.24, 2.45) is 0 Å². The maximum Gasteiger partial charge on any atom is 0.333 e. The lowest BCUT2D eigenvalue weighted by molar-refractivity contribution is -0.136. The first-order valence-electron chi connectivity index (χ1n) is 13.7. The van der Waals surface area contributed by atoms with Crippen molar-refractivity contribution in [3.8, 4) is 28.4 Å². The fraction of sp³-hybridized carbons (Fsp3) is 0.364. The van der Waals surface area contributed by atoms with Gasteiger partial charge >= 0.3 is 5.97 Å². The van der Waals surface area contributed by atoms with Gasteiger partial charge < -0.3 is 28.6 Å². The van der Waals surface area contributed by atoms with Crippen molar-refractivity contribution in [3.63, 3.8) is 0 Å². The van der Waals surface area contributed by atoms with Crippen LogP contribution in [0.2, 0.25) is 0 Å². The summed E-state index contributed by atoms with van der Waals surface area (Å²) < 4.78 is 27.8. The fourth-order valence-electron chi connectivity index (χ4n) is 4.79. The zero-order valence-electron chi connectivity index (χ0n) is 24.1. The van der Waals surface area contributed by atoms with Crippen molar-refractivity contribution in [2.45, 2.75) is 45.9 Å². The summed E-state index contributed by atoms with van der Waals surface area (Å²) in [6, 6.07) is 20.1. The Morgan fingerprint density at radius 3 is 2.38 bits per heavy atom. The van der Waals surface area contributed by atoms with E-state index in [9.17, 15) is 4.79 Å². The molecule has 3 aromatic carbocycles. The van der Waals surface area contributed by atoms with Gasteiger partial charge in [-0.3, -0.25) is 0 Å². The number of benzene rings is 3. The van der Waals surface area contributed by atoms with Gasteiger partial charge in [-0.25, -0.2) is 4.79 Å². The van der Waals surface area contributed by atoms with Crippen molar-refractivity contribution in [1.29, 1.82) is 0 Å². The summed E-state index contributed by atoms with van der Waals surface area (Å²) in [5, 5.41) is 0. The largest absolute Gasteiger partial charge is 0.497 e. The number of unbranched alkanes of at least 4 members (excludes halogenated alkanes) is 1. The molecule has 1 unspecified atom stereocenters. The van der Waals surface area contributed by atoms with Crippen LogP contribution in [0.3, 0.4) is 0 Å². The van der Waals surface area contributed by atoms with E-state index in [1.807, 2.05) is 55.5 Å². The Morgan fingerprint density at radius 2 is 1.68 bits per heavy atom. The zero-order chi connectivity index (χ0) is 28.5. The molecule has 0 aromatic heterocycles. The minimum atomic E-state index is -0.311. The highest BCUT2D eigenvalue weighted by atomic mass is 16.7. The lowest BCUT2D eigenvalue weighted by atomic mass is 10.00. The number of esters is 1. The van der Waals surface area contributed by atoms with Gasteiger partial charge in [-0.15, -0.1) is 0 Å². The highest BCUT2D eigenvalue weighted by molar-refractivity contribution is 5.96. The van der Waals surface area contributed by atoms with E-state index in [0.29, 0.717) is 31.7 Å². The number of hydrogen-bond donors (Lipinski definition) is 0. The zero-order valence-corrected chi connectivity index (χ0v) is 24.1. The second-order valence-corrected chi connectivity index (χ2v) is 9.72. The van der Waals surface area contributed by atoms with Crippen LogP contribution in [0.25, 0.3) is 17.2 Å². The molecule has 1 atom stereocenters. The molecule has 3 aromatic rings. The van der Waals surface area contributed by atoms with Crippen LogP contribution in [0.5, 0.6) is 17.2 Å². The monoisotopic (exact) mass is 545 g/mol. The molecule has 0 bridgehead atoms. The van der Waals surface area contributed by atoms with E-state index in [1.54, 1.807) is 14.2 Å². The molecule has 0 spiro atoms. The summed E-state index contributed by atoms with van der Waals surface area (Å²) in [4.78, 5) is 14.8. The highest BCUT2D eigenvalue weighted by Crippen LogP contribution is 2.35. The lowest BCUT2D eigenvalue weighted by Crippen LogP contribution is -2.25. The number of fused-ring (bicyclic) bond motifs is 1. The van der Waals surface area contributed by atoms with Crippen LogP contribution >= 0.6 is 0 Å². The van der Waals surface area contributed by atoms with Gasteiger partial charge in [0.2, 0.25) is 0 Å². The van der Waals surface area contributed by atoms with Crippen LogP contribution in [-0.2, 0) is 20.8 Å². The molecule has 212 valence electrons. The first kappa shape index (κ1) is 29.0. The summed E-state index contributed by atoms with van der Waals surface area (Å²) in [6.07, 6.45) is 4.31. The van der Waals surface area contributed by atoms with Crippen molar-refractivity contribution >= 4 is 17.7 Å². The number of rotatable bonds is 12. The van der Waals surface area contributed by atoms with Gasteiger partial charge in [-0.2, -0.15) is 0 Å². The van der Waals surface area contributed by atoms with E-state index in [0.717, 1.165) is 58.0 Å². The Bertz CT molecular complexity index is 1320. The third-order valence-corrected chi connectivity index (χ3v) is 6.99. The van der Waals surface area contributed by atoms with Crippen molar-refractivity contribution in [1.82, 2.24) is 0 Å². The average molecular weight is 546 g/mol. The van der Waals surface area contributed by atoms with Crippen molar-refractivity contribution in [2.75, 3.05) is 39.4 Å². The summed E-state index contributed by atoms with van der Waals surface area (Å²) in [5.41, 5.74) is 5.72. The van der Waals surface area contributed by atoms with Crippen molar-refractivity contribution < 1.29 is 28.5 Å². The summed E-state index contributed by atoms with van der Waals surface area (Å²) in [5.74, 6) is 2.00. The molecule has 1 aliphatic heterocycles. The third-order valence-electron chi connectivity index (χ3n) is 6.99. The van der Waals surface area contributed by atoms with Gasteiger partial charge in [0.25, 0.3) is 0 Å². The summed E-state index contributed by atoms with van der Waals surface area (Å²) in [6.45, 7) is 5.98. The van der Waals surface area contributed by atoms with Gasteiger partial charge in [0.1, 0.15) is 17.2 Å². The normalized spacial score (nSPS) is 13.5. The molecule has 0 saturated heterocycles. The molecule has 40 heavy (non-hydrogen) atoms. The number of carbonyl (C=O) groups is 1. The van der Waals surface area contributed by atoms with E-state index in [-0.39, 0.29) is 12.3 Å². The number of carbonyl (C=O) groups excluding carboxylic acids is 1. The van der Waals surface area contributed by atoms with Crippen LogP contribution in [0.1, 0.15) is 44.2 Å². The van der Waals surface area contributed by atoms with E-state index < -0.39 is 0 Å². The number of methoxy groups -OCH3 is 3. The van der Waals surface area contributed by atoms with Crippen LogP contribution in [0, 0.1) is 0 Å². The highest BCUT2D eigenvalue weighted by Gasteiger charge is 2.22. The maximum atomic E-state index is 12.6. The van der Waals surface area contributed by atoms with Gasteiger partial charge in [-0.1, -0.05) is 31.5 Å². The lowest BCUT2D eigenvalue weighted by Gasteiger charge is -2.26. The summed E-state index contributed by atoms with van der Waals surface area (Å²) >= 11 is 0. The van der Waals surface area contributed by atoms with Gasteiger partial charge in [0.05, 0.1) is 27.9 Å². The first-order valence-corrected chi connectivity index (χ1v) is 13.7. The Morgan fingerprint density at radius 1 is 0.925 bits per heavy atom. The molecule has 0 amide bonds. The topological polar surface area (TPSA) is 66.5 Å². The predicted octanol–water partition coefficient (Wildman–Crippen LogP) is 6.88. The minimum Gasteiger partial charge on any atom is -0.497 e. The van der Waals surface area contributed by atoms with Crippen LogP contribution in [-0.4, -0.2) is 46.7 Å². The minimum absolute atomic E-state index is 0.305. The van der Waals surface area contributed by atoms with Crippen LogP contribution in [0.4, 0.5) is 5.69 Å². The second kappa shape index (κ2) is 13.9. The maximum absolute atomic E-state index is 12.6. The Labute approximate surface area is 237 Å². The van der Waals surface area contributed by atoms with Crippen LogP contribution < -0.4 is 19.1 Å². The first-order chi connectivity index (χ1) is 19.4. The van der Waals surface area contributed by atoms with Crippen LogP contribution in [0.15, 0.2) is 66.2 Å². The standard InChI is InChI=1S/C33H39NO6/c1-6-7-18-39-23(2)40-29-11-8-24(9-12-29)25-10-14-31-27(19-25)20-26(33(35)38-5)16-17-34(31)22-28-21-30(36-3)13-15-32(28)37-4/h8-15,19-21,23H,6-7,16-18,22H2,1-5H3. The Hall–Kier alpha value is -3.97. The fourth-order valence-corrected chi connectivity index (χ4v) is 4.79. The molecule has 7 heteroatoms. The molecule has 0 N–H and O–H groups in total. The summed E-state index contributed by atoms with van der Waals surface area (Å²) in [7, 11) is 4.74. The number of hydrogen-bond acceptors (Lipinski definition) is 7. The molecule has 0 saturated carbocycles. The second-order valence-electron chi connectivity index (χ2n) is 9.72. The molecule has 1 aliphatic rings. The molecule has 0 fully saturated rings. The molecule has 1 heterocycles. The van der Waals surface area contributed by atoms with E-state index in [4.69, 9.17) is 23.7 Å². The molecule has 0 radical (unpaired) electrons. The number of anilines is 1. The molecule has 0 aliphatic carbocycles. The third kappa shape index (κ3) is 7.16. The molecule has 7 nitrogen and oxygen atoms in total. The smallest absolute Gasteiger partial charge is 0.333 e. The van der Waals surface area contributed by atoms with Gasteiger partial charge in [0, 0.05) is 29.9 Å². The number of ether oxygens (including phenoxy) is 5. The molecular weight excluding hydrogens is 506 g/mol. The Kier molecular flexibility index (Phi) is 10.1. The van der Waals surface area contributed by atoms with E-state index in [1.165, 1.54) is 7.11 Å². The van der Waals surface area contributed by atoms with Gasteiger partial charge in [0.15, 0.2) is 6.29 Å². The quantitative estimate of drug-likeness (QED) is 0.140. The predicted molar refractivity (Wildman–Crippen MR) is 158 cm³/mol. The SMILES string of the molecule is CCCCOC(C)Oc1ccc(-c2ccc3c(c2)C=C(C(=O)OC)CCN3Cc2cc(OC)ccc2OC)cc1. The molecular formula is C33H39NO6. The van der Waals surface area contributed by atoms with Gasteiger partial charge in [-0.05, 0) is 85.0 Å². The molecule has 4 rings (SSSR count). The van der Waals surface area contributed by atoms with E-state index in [2.05, 4.69) is 30.0 Å². The number of nitrogens with zero attached hydrogens (tertiary/aromatic N) is 1. The Balaban J connectivity index is 1.62.